The summed E-state index contributed by atoms with van der Waals surface area (Å²) in [5.74, 6) is 0. The molecule has 0 aliphatic carbocycles. The minimum absolute atomic E-state index is 0.363. The third-order valence-corrected chi connectivity index (χ3v) is 3.11. The van der Waals surface area contributed by atoms with Gasteiger partial charge >= 0.3 is 0 Å². The molecule has 1 aromatic carbocycles. The monoisotopic (exact) mass is 278 g/mol. The first kappa shape index (κ1) is 11.4. The van der Waals surface area contributed by atoms with Crippen molar-refractivity contribution < 1.29 is 0 Å². The molecule has 0 unspecified atom stereocenters. The van der Waals surface area contributed by atoms with Gasteiger partial charge in [-0.25, -0.2) is 0 Å². The minimum atomic E-state index is 0.363. The number of halogens is 1. The molecule has 0 atom stereocenters. The third-order valence-electron chi connectivity index (χ3n) is 2.53. The molecule has 0 aliphatic rings. The van der Waals surface area contributed by atoms with E-state index in [0.29, 0.717) is 6.04 Å². The van der Waals surface area contributed by atoms with Crippen molar-refractivity contribution in [1.82, 2.24) is 9.78 Å². The van der Waals surface area contributed by atoms with Gasteiger partial charge in [-0.05, 0) is 42.8 Å². The SMILES string of the molecule is Cc1cccc(-c2c(Br)cnn2C(C)C)c1. The molecule has 2 aromatic rings. The second-order valence-corrected chi connectivity index (χ2v) is 5.10. The average Bonchev–Trinajstić information content (AvgIpc) is 2.60. The summed E-state index contributed by atoms with van der Waals surface area (Å²) in [6.45, 7) is 6.38. The molecule has 2 nitrogen and oxygen atoms in total. The van der Waals surface area contributed by atoms with Gasteiger partial charge in [0.25, 0.3) is 0 Å². The smallest absolute Gasteiger partial charge is 0.0827 e. The molecule has 0 saturated heterocycles. The summed E-state index contributed by atoms with van der Waals surface area (Å²) in [7, 11) is 0. The fraction of sp³-hybridized carbons (Fsp3) is 0.308. The molecule has 3 heteroatoms. The van der Waals surface area contributed by atoms with E-state index in [9.17, 15) is 0 Å². The zero-order valence-corrected chi connectivity index (χ0v) is 11.3. The van der Waals surface area contributed by atoms with Crippen molar-refractivity contribution in [2.24, 2.45) is 0 Å². The van der Waals surface area contributed by atoms with Crippen LogP contribution in [-0.4, -0.2) is 9.78 Å². The average molecular weight is 279 g/mol. The Balaban J connectivity index is 2.59. The molecule has 0 aliphatic heterocycles. The van der Waals surface area contributed by atoms with Crippen molar-refractivity contribution in [2.45, 2.75) is 26.8 Å². The van der Waals surface area contributed by atoms with E-state index in [4.69, 9.17) is 0 Å². The first-order valence-corrected chi connectivity index (χ1v) is 6.19. The van der Waals surface area contributed by atoms with Crippen molar-refractivity contribution in [2.75, 3.05) is 0 Å². The molecule has 2 rings (SSSR count). The van der Waals surface area contributed by atoms with Gasteiger partial charge in [-0.2, -0.15) is 5.10 Å². The molecule has 0 saturated carbocycles. The molecule has 16 heavy (non-hydrogen) atoms. The van der Waals surface area contributed by atoms with E-state index in [1.54, 1.807) is 0 Å². The van der Waals surface area contributed by atoms with Gasteiger partial charge in [-0.1, -0.05) is 23.8 Å². The summed E-state index contributed by atoms with van der Waals surface area (Å²) < 4.78 is 3.09. The van der Waals surface area contributed by atoms with Crippen molar-refractivity contribution in [3.05, 3.63) is 40.5 Å². The first-order valence-electron chi connectivity index (χ1n) is 5.39. The predicted molar refractivity (Wildman–Crippen MR) is 70.5 cm³/mol. The Morgan fingerprint density at radius 2 is 2.06 bits per heavy atom. The lowest BCUT2D eigenvalue weighted by Crippen LogP contribution is -2.04. The van der Waals surface area contributed by atoms with E-state index in [0.717, 1.165) is 10.2 Å². The van der Waals surface area contributed by atoms with E-state index in [1.807, 2.05) is 10.9 Å². The zero-order chi connectivity index (χ0) is 11.7. The van der Waals surface area contributed by atoms with Crippen LogP contribution in [-0.2, 0) is 0 Å². The second-order valence-electron chi connectivity index (χ2n) is 4.25. The summed E-state index contributed by atoms with van der Waals surface area (Å²) in [6.07, 6.45) is 1.86. The Bertz CT molecular complexity index is 500. The molecular weight excluding hydrogens is 264 g/mol. The highest BCUT2D eigenvalue weighted by molar-refractivity contribution is 9.10. The van der Waals surface area contributed by atoms with Gasteiger partial charge in [0, 0.05) is 11.6 Å². The Morgan fingerprint density at radius 1 is 1.31 bits per heavy atom. The van der Waals surface area contributed by atoms with Crippen molar-refractivity contribution in [3.63, 3.8) is 0 Å². The molecule has 1 heterocycles. The van der Waals surface area contributed by atoms with Gasteiger partial charge in [0.2, 0.25) is 0 Å². The fourth-order valence-corrected chi connectivity index (χ4v) is 2.30. The molecule has 0 bridgehead atoms. The number of aryl methyl sites for hydroxylation is 1. The lowest BCUT2D eigenvalue weighted by Gasteiger charge is -2.12. The van der Waals surface area contributed by atoms with Crippen LogP contribution in [0, 0.1) is 6.92 Å². The summed E-state index contributed by atoms with van der Waals surface area (Å²) in [5, 5.41) is 4.39. The quantitative estimate of drug-likeness (QED) is 0.805. The Kier molecular flexibility index (Phi) is 3.15. The van der Waals surface area contributed by atoms with E-state index in [2.05, 4.69) is 66.1 Å². The Hall–Kier alpha value is -1.09. The Labute approximate surface area is 104 Å². The predicted octanol–water partition coefficient (Wildman–Crippen LogP) is 4.20. The molecule has 0 fully saturated rings. The topological polar surface area (TPSA) is 17.8 Å². The summed E-state index contributed by atoms with van der Waals surface area (Å²) in [4.78, 5) is 0. The van der Waals surface area contributed by atoms with Crippen LogP contribution in [0.5, 0.6) is 0 Å². The molecule has 0 N–H and O–H groups in total. The number of rotatable bonds is 2. The molecular formula is C13H15BrN2. The normalized spacial score (nSPS) is 11.1. The van der Waals surface area contributed by atoms with E-state index in [-0.39, 0.29) is 0 Å². The largest absolute Gasteiger partial charge is 0.261 e. The van der Waals surface area contributed by atoms with Gasteiger partial charge < -0.3 is 0 Å². The number of hydrogen-bond donors (Lipinski definition) is 0. The maximum Gasteiger partial charge on any atom is 0.0827 e. The summed E-state index contributed by atoms with van der Waals surface area (Å²) >= 11 is 3.56. The van der Waals surface area contributed by atoms with Gasteiger partial charge in [0.15, 0.2) is 0 Å². The van der Waals surface area contributed by atoms with Crippen LogP contribution in [0.1, 0.15) is 25.5 Å². The van der Waals surface area contributed by atoms with Crippen LogP contribution >= 0.6 is 15.9 Å². The van der Waals surface area contributed by atoms with Crippen LogP contribution in [0.25, 0.3) is 11.3 Å². The highest BCUT2D eigenvalue weighted by Gasteiger charge is 2.12. The van der Waals surface area contributed by atoms with Crippen LogP contribution in [0.15, 0.2) is 34.9 Å². The highest BCUT2D eigenvalue weighted by Crippen LogP contribution is 2.30. The van der Waals surface area contributed by atoms with Crippen molar-refractivity contribution in [1.29, 1.82) is 0 Å². The van der Waals surface area contributed by atoms with Crippen molar-refractivity contribution >= 4 is 15.9 Å². The number of nitrogens with zero attached hydrogens (tertiary/aromatic N) is 2. The fourth-order valence-electron chi connectivity index (χ4n) is 1.80. The van der Waals surface area contributed by atoms with Gasteiger partial charge in [0.1, 0.15) is 0 Å². The van der Waals surface area contributed by atoms with Crippen molar-refractivity contribution in [3.8, 4) is 11.3 Å². The standard InChI is InChI=1S/C13H15BrN2/c1-9(2)16-13(12(14)8-15-16)11-6-4-5-10(3)7-11/h4-9H,1-3H3. The van der Waals surface area contributed by atoms with Crippen LogP contribution in [0.3, 0.4) is 0 Å². The van der Waals surface area contributed by atoms with E-state index >= 15 is 0 Å². The molecule has 0 amide bonds. The lowest BCUT2D eigenvalue weighted by atomic mass is 10.1. The van der Waals surface area contributed by atoms with E-state index < -0.39 is 0 Å². The maximum absolute atomic E-state index is 4.39. The van der Waals surface area contributed by atoms with Gasteiger partial charge in [-0.3, -0.25) is 4.68 Å². The molecule has 1 aromatic heterocycles. The zero-order valence-electron chi connectivity index (χ0n) is 9.74. The summed E-state index contributed by atoms with van der Waals surface area (Å²) in [6, 6.07) is 8.85. The lowest BCUT2D eigenvalue weighted by molar-refractivity contribution is 0.538. The van der Waals surface area contributed by atoms with Gasteiger partial charge in [-0.15, -0.1) is 0 Å². The van der Waals surface area contributed by atoms with Crippen LogP contribution in [0.2, 0.25) is 0 Å². The number of benzene rings is 1. The second kappa shape index (κ2) is 4.42. The van der Waals surface area contributed by atoms with Crippen LogP contribution in [0.4, 0.5) is 0 Å². The number of hydrogen-bond acceptors (Lipinski definition) is 1. The molecule has 84 valence electrons. The maximum atomic E-state index is 4.39. The highest BCUT2D eigenvalue weighted by atomic mass is 79.9. The van der Waals surface area contributed by atoms with Gasteiger partial charge in [0.05, 0.1) is 16.4 Å². The first-order chi connectivity index (χ1) is 7.59. The minimum Gasteiger partial charge on any atom is -0.261 e. The van der Waals surface area contributed by atoms with E-state index in [1.165, 1.54) is 11.1 Å². The van der Waals surface area contributed by atoms with Crippen LogP contribution < -0.4 is 0 Å². The summed E-state index contributed by atoms with van der Waals surface area (Å²) in [5.41, 5.74) is 3.62. The molecule has 0 spiro atoms. The molecule has 0 radical (unpaired) electrons. The Morgan fingerprint density at radius 3 is 2.69 bits per heavy atom. The third kappa shape index (κ3) is 2.05. The number of aromatic nitrogens is 2.